The Morgan fingerprint density at radius 3 is 2.81 bits per heavy atom. The van der Waals surface area contributed by atoms with Crippen molar-refractivity contribution in [1.29, 1.82) is 0 Å². The zero-order valence-electron chi connectivity index (χ0n) is 20.8. The summed E-state index contributed by atoms with van der Waals surface area (Å²) in [5.74, 6) is 0.663. The lowest BCUT2D eigenvalue weighted by Crippen LogP contribution is -2.46. The van der Waals surface area contributed by atoms with Gasteiger partial charge < -0.3 is 19.9 Å². The van der Waals surface area contributed by atoms with Crippen LogP contribution in [0.2, 0.25) is 0 Å². The number of imidazole rings is 1. The topological polar surface area (TPSA) is 104 Å². The molecule has 2 aliphatic heterocycles. The highest BCUT2D eigenvalue weighted by atomic mass is 16.5. The number of piperazine rings is 1. The van der Waals surface area contributed by atoms with Crippen molar-refractivity contribution in [2.45, 2.75) is 39.3 Å². The number of H-pyrrole nitrogens is 1. The number of fused-ring (bicyclic) bond motifs is 2. The molecule has 2 aliphatic rings. The third-order valence-corrected chi connectivity index (χ3v) is 6.97. The Kier molecular flexibility index (Phi) is 5.40. The molecule has 6 rings (SSSR count). The van der Waals surface area contributed by atoms with Crippen LogP contribution in [0.15, 0.2) is 43.1 Å². The molecule has 0 saturated carbocycles. The van der Waals surface area contributed by atoms with E-state index in [2.05, 4.69) is 68.1 Å². The number of aromatic nitrogens is 5. The van der Waals surface area contributed by atoms with Crippen LogP contribution in [0.1, 0.15) is 41.2 Å². The second kappa shape index (κ2) is 8.63. The molecule has 36 heavy (non-hydrogen) atoms. The van der Waals surface area contributed by atoms with Gasteiger partial charge in [0.15, 0.2) is 5.65 Å². The van der Waals surface area contributed by atoms with E-state index < -0.39 is 0 Å². The second-order valence-corrected chi connectivity index (χ2v) is 10.2. The number of rotatable bonds is 5. The third-order valence-electron chi connectivity index (χ3n) is 6.97. The van der Waals surface area contributed by atoms with E-state index in [-0.39, 0.29) is 11.5 Å². The van der Waals surface area contributed by atoms with Crippen LogP contribution in [-0.4, -0.2) is 67.2 Å². The smallest absolute Gasteiger partial charge is 0.261 e. The van der Waals surface area contributed by atoms with E-state index in [9.17, 15) is 4.79 Å². The van der Waals surface area contributed by atoms with Gasteiger partial charge in [0.1, 0.15) is 16.9 Å². The first-order valence-corrected chi connectivity index (χ1v) is 12.3. The number of ether oxygens (including phenoxy) is 1. The highest BCUT2D eigenvalue weighted by molar-refractivity contribution is 6.09. The Labute approximate surface area is 209 Å². The van der Waals surface area contributed by atoms with E-state index in [0.717, 1.165) is 73.2 Å². The van der Waals surface area contributed by atoms with E-state index in [1.807, 2.05) is 0 Å². The van der Waals surface area contributed by atoms with Crippen molar-refractivity contribution in [3.8, 4) is 5.75 Å². The predicted octanol–water partition coefficient (Wildman–Crippen LogP) is 3.05. The quantitative estimate of drug-likeness (QED) is 0.447. The van der Waals surface area contributed by atoms with Crippen molar-refractivity contribution in [3.63, 3.8) is 0 Å². The van der Waals surface area contributed by atoms with E-state index in [1.165, 1.54) is 0 Å². The fraction of sp³-hybridized carbons (Fsp3) is 0.385. The van der Waals surface area contributed by atoms with Gasteiger partial charge in [0.25, 0.3) is 5.91 Å². The Bertz CT molecular complexity index is 1430. The van der Waals surface area contributed by atoms with Gasteiger partial charge in [-0.25, -0.2) is 14.5 Å². The number of anilines is 2. The van der Waals surface area contributed by atoms with Crippen molar-refractivity contribution in [1.82, 2.24) is 29.5 Å². The maximum absolute atomic E-state index is 13.3. The van der Waals surface area contributed by atoms with Crippen LogP contribution in [-0.2, 0) is 13.0 Å². The van der Waals surface area contributed by atoms with E-state index in [4.69, 9.17) is 4.74 Å². The lowest BCUT2D eigenvalue weighted by molar-refractivity contribution is 0.102. The number of amides is 1. The van der Waals surface area contributed by atoms with Crippen molar-refractivity contribution in [2.24, 2.45) is 0 Å². The number of hydrogen-bond donors (Lipinski definition) is 2. The SMILES string of the molecule is Cc1[nH]cnc1CN1CCN(c2cc3c(cc2NC(=O)c2cnn4cccnc24)CC(C)(C)O3)CC1. The summed E-state index contributed by atoms with van der Waals surface area (Å²) in [5, 5.41) is 7.42. The maximum atomic E-state index is 13.3. The zero-order chi connectivity index (χ0) is 24.9. The molecular weight excluding hydrogens is 456 g/mol. The molecule has 4 aromatic rings. The van der Waals surface area contributed by atoms with E-state index in [1.54, 1.807) is 35.5 Å². The van der Waals surface area contributed by atoms with Crippen molar-refractivity contribution >= 4 is 22.9 Å². The van der Waals surface area contributed by atoms with Gasteiger partial charge in [-0.2, -0.15) is 5.10 Å². The first-order chi connectivity index (χ1) is 17.4. The molecule has 1 saturated heterocycles. The first-order valence-electron chi connectivity index (χ1n) is 12.3. The third kappa shape index (κ3) is 4.17. The standard InChI is InChI=1S/C26H30N8O2/c1-17-21(29-16-28-17)15-32-7-9-33(10-8-32)22-12-23-18(13-26(2,3)36-23)11-20(22)31-25(35)19-14-30-34-6-4-5-27-24(19)34/h4-6,11-12,14,16H,7-10,13,15H2,1-3H3,(H,28,29)(H,31,35). The molecule has 0 radical (unpaired) electrons. The summed E-state index contributed by atoms with van der Waals surface area (Å²) in [6.07, 6.45) is 7.55. The number of nitrogens with one attached hydrogen (secondary N) is 2. The van der Waals surface area contributed by atoms with Crippen LogP contribution in [0.3, 0.4) is 0 Å². The largest absolute Gasteiger partial charge is 0.487 e. The average Bonchev–Trinajstić information content (AvgIpc) is 3.54. The van der Waals surface area contributed by atoms with Gasteiger partial charge in [-0.15, -0.1) is 0 Å². The minimum absolute atomic E-state index is 0.226. The summed E-state index contributed by atoms with van der Waals surface area (Å²) in [4.78, 5) is 30.0. The molecule has 1 amide bonds. The van der Waals surface area contributed by atoms with Crippen LogP contribution >= 0.6 is 0 Å². The summed E-state index contributed by atoms with van der Waals surface area (Å²) in [5.41, 5.74) is 5.77. The van der Waals surface area contributed by atoms with Gasteiger partial charge in [0, 0.05) is 68.9 Å². The second-order valence-electron chi connectivity index (χ2n) is 10.2. The Balaban J connectivity index is 1.26. The van der Waals surface area contributed by atoms with Crippen LogP contribution < -0.4 is 15.0 Å². The molecule has 0 bridgehead atoms. The summed E-state index contributed by atoms with van der Waals surface area (Å²) < 4.78 is 7.84. The number of carbonyl (C=O) groups is 1. The molecule has 5 heterocycles. The van der Waals surface area contributed by atoms with Gasteiger partial charge in [-0.1, -0.05) is 0 Å². The normalized spacial score (nSPS) is 17.2. The molecule has 1 aromatic carbocycles. The van der Waals surface area contributed by atoms with Gasteiger partial charge in [0.2, 0.25) is 0 Å². The number of aromatic amines is 1. The summed E-state index contributed by atoms with van der Waals surface area (Å²) in [6, 6.07) is 5.94. The van der Waals surface area contributed by atoms with Crippen LogP contribution in [0, 0.1) is 6.92 Å². The van der Waals surface area contributed by atoms with Crippen molar-refractivity contribution in [3.05, 3.63) is 65.6 Å². The number of hydrogen-bond acceptors (Lipinski definition) is 7. The van der Waals surface area contributed by atoms with Crippen LogP contribution in [0.25, 0.3) is 5.65 Å². The van der Waals surface area contributed by atoms with Crippen molar-refractivity contribution < 1.29 is 9.53 Å². The zero-order valence-corrected chi connectivity index (χ0v) is 20.8. The van der Waals surface area contributed by atoms with Gasteiger partial charge >= 0.3 is 0 Å². The first kappa shape index (κ1) is 22.5. The van der Waals surface area contributed by atoms with Crippen molar-refractivity contribution in [2.75, 3.05) is 36.4 Å². The summed E-state index contributed by atoms with van der Waals surface area (Å²) >= 11 is 0. The molecule has 0 unspecified atom stereocenters. The molecule has 0 spiro atoms. The minimum atomic E-state index is -0.269. The molecular formula is C26H30N8O2. The fourth-order valence-corrected chi connectivity index (χ4v) is 5.08. The van der Waals surface area contributed by atoms with E-state index >= 15 is 0 Å². The van der Waals surface area contributed by atoms with Crippen LogP contribution in [0.4, 0.5) is 11.4 Å². The lowest BCUT2D eigenvalue weighted by atomic mass is 10.0. The minimum Gasteiger partial charge on any atom is -0.487 e. The number of benzene rings is 1. The number of nitrogens with zero attached hydrogens (tertiary/aromatic N) is 6. The Hall–Kier alpha value is -3.92. The molecule has 0 aliphatic carbocycles. The monoisotopic (exact) mass is 486 g/mol. The molecule has 10 heteroatoms. The average molecular weight is 487 g/mol. The van der Waals surface area contributed by atoms with Gasteiger partial charge in [-0.05, 0) is 32.9 Å². The predicted molar refractivity (Wildman–Crippen MR) is 137 cm³/mol. The lowest BCUT2D eigenvalue weighted by Gasteiger charge is -2.37. The van der Waals surface area contributed by atoms with E-state index in [0.29, 0.717) is 11.2 Å². The molecule has 1 fully saturated rings. The highest BCUT2D eigenvalue weighted by Crippen LogP contribution is 2.42. The van der Waals surface area contributed by atoms with Gasteiger partial charge in [-0.3, -0.25) is 9.69 Å². The highest BCUT2D eigenvalue weighted by Gasteiger charge is 2.32. The summed E-state index contributed by atoms with van der Waals surface area (Å²) in [6.45, 7) is 10.5. The molecule has 0 atom stereocenters. The number of aryl methyl sites for hydroxylation is 1. The van der Waals surface area contributed by atoms with Crippen LogP contribution in [0.5, 0.6) is 5.75 Å². The molecule has 186 valence electrons. The summed E-state index contributed by atoms with van der Waals surface area (Å²) in [7, 11) is 0. The molecule has 3 aromatic heterocycles. The molecule has 10 nitrogen and oxygen atoms in total. The maximum Gasteiger partial charge on any atom is 0.261 e. The number of carbonyl (C=O) groups excluding carboxylic acids is 1. The van der Waals surface area contributed by atoms with Gasteiger partial charge in [0.05, 0.1) is 29.6 Å². The Morgan fingerprint density at radius 2 is 2.03 bits per heavy atom. The fourth-order valence-electron chi connectivity index (χ4n) is 5.08. The molecule has 2 N–H and O–H groups in total. The Morgan fingerprint density at radius 1 is 1.19 bits per heavy atom.